The number of hydrogen-bond donors (Lipinski definition) is 0. The van der Waals surface area contributed by atoms with Gasteiger partial charge in [-0.2, -0.15) is 0 Å². The maximum absolute atomic E-state index is 13.2. The summed E-state index contributed by atoms with van der Waals surface area (Å²) in [5.41, 5.74) is 0.805. The summed E-state index contributed by atoms with van der Waals surface area (Å²) in [7, 11) is -8.32. The molecule has 0 bridgehead atoms. The smallest absolute Gasteiger partial charge is 0.338 e. The summed E-state index contributed by atoms with van der Waals surface area (Å²) in [5.74, 6) is -3.96. The number of carbonyl (C=O) groups excluding carboxylic acids is 1. The minimum atomic E-state index is -4.16. The maximum Gasteiger partial charge on any atom is 0.338 e. The Labute approximate surface area is 196 Å². The molecule has 0 aromatic heterocycles. The first-order chi connectivity index (χ1) is 16.0. The van der Waals surface area contributed by atoms with Crippen LogP contribution in [0.25, 0.3) is 6.08 Å². The molecule has 0 saturated carbocycles. The van der Waals surface area contributed by atoms with Crippen LogP contribution in [0.2, 0.25) is 0 Å². The third-order valence-electron chi connectivity index (χ3n) is 4.81. The van der Waals surface area contributed by atoms with Crippen molar-refractivity contribution in [2.75, 3.05) is 11.5 Å². The molecule has 3 aromatic rings. The highest BCUT2D eigenvalue weighted by atomic mass is 32.2. The topological polar surface area (TPSA) is 94.6 Å². The van der Waals surface area contributed by atoms with Gasteiger partial charge >= 0.3 is 5.97 Å². The lowest BCUT2D eigenvalue weighted by Gasteiger charge is -2.18. The van der Waals surface area contributed by atoms with Gasteiger partial charge in [0.15, 0.2) is 19.7 Å². The van der Waals surface area contributed by atoms with E-state index in [0.717, 1.165) is 54.1 Å². The molecule has 0 fully saturated rings. The number of rotatable bonds is 9. The Hall–Kier alpha value is -3.37. The molecule has 178 valence electrons. The van der Waals surface area contributed by atoms with Crippen molar-refractivity contribution in [2.24, 2.45) is 0 Å². The molecule has 0 unspecified atom stereocenters. The average Bonchev–Trinajstić information content (AvgIpc) is 2.79. The molecule has 6 nitrogen and oxygen atoms in total. The van der Waals surface area contributed by atoms with Gasteiger partial charge in [-0.05, 0) is 66.2 Å². The second kappa shape index (κ2) is 10.3. The zero-order valence-corrected chi connectivity index (χ0v) is 19.4. The molecule has 0 saturated heterocycles. The second-order valence-electron chi connectivity index (χ2n) is 7.32. The Morgan fingerprint density at radius 2 is 1.18 bits per heavy atom. The van der Waals surface area contributed by atoms with Gasteiger partial charge in [0.05, 0.1) is 26.9 Å². The molecule has 0 spiro atoms. The van der Waals surface area contributed by atoms with Crippen molar-refractivity contribution >= 4 is 31.7 Å². The fourth-order valence-electron chi connectivity index (χ4n) is 3.06. The molecule has 34 heavy (non-hydrogen) atoms. The van der Waals surface area contributed by atoms with Crippen LogP contribution in [0.4, 0.5) is 8.78 Å². The molecule has 0 atom stereocenters. The molecule has 0 radical (unpaired) electrons. The standard InChI is InChI=1S/C24H20F2O6S2/c1-2-17-3-5-18(6-4-17)24(27)32-21(15-33(28,29)22-11-7-19(25)8-12-22)16-34(30,31)23-13-9-20(26)10-14-23/h2-14,21H,1,15-16H2. The van der Waals surface area contributed by atoms with E-state index in [4.69, 9.17) is 4.74 Å². The zero-order valence-electron chi connectivity index (χ0n) is 17.7. The highest BCUT2D eigenvalue weighted by molar-refractivity contribution is 7.92. The van der Waals surface area contributed by atoms with Crippen LogP contribution >= 0.6 is 0 Å². The minimum absolute atomic E-state index is 0.0777. The van der Waals surface area contributed by atoms with E-state index < -0.39 is 54.9 Å². The van der Waals surface area contributed by atoms with E-state index in [1.807, 2.05) is 0 Å². The first-order valence-electron chi connectivity index (χ1n) is 9.90. The van der Waals surface area contributed by atoms with E-state index in [2.05, 4.69) is 6.58 Å². The molecule has 0 N–H and O–H groups in total. The highest BCUT2D eigenvalue weighted by Gasteiger charge is 2.30. The molecule has 0 aliphatic rings. The van der Waals surface area contributed by atoms with Crippen molar-refractivity contribution in [3.8, 4) is 0 Å². The van der Waals surface area contributed by atoms with Gasteiger partial charge in [0.2, 0.25) is 0 Å². The molecule has 3 aromatic carbocycles. The third-order valence-corrected chi connectivity index (χ3v) is 8.41. The lowest BCUT2D eigenvalue weighted by Crippen LogP contribution is -2.33. The van der Waals surface area contributed by atoms with E-state index >= 15 is 0 Å². The van der Waals surface area contributed by atoms with Gasteiger partial charge in [-0.25, -0.2) is 30.4 Å². The first kappa shape index (κ1) is 25.3. The van der Waals surface area contributed by atoms with Gasteiger partial charge < -0.3 is 4.74 Å². The molecule has 0 heterocycles. The van der Waals surface area contributed by atoms with E-state index in [1.165, 1.54) is 12.1 Å². The molecular weight excluding hydrogens is 486 g/mol. The summed E-state index contributed by atoms with van der Waals surface area (Å²) in [4.78, 5) is 12.1. The van der Waals surface area contributed by atoms with Gasteiger partial charge in [0.1, 0.15) is 17.7 Å². The summed E-state index contributed by atoms with van der Waals surface area (Å²) < 4.78 is 83.1. The number of sulfone groups is 2. The number of halogens is 2. The summed E-state index contributed by atoms with van der Waals surface area (Å²) in [6, 6.07) is 14.0. The quantitative estimate of drug-likeness (QED) is 0.321. The van der Waals surface area contributed by atoms with Crippen molar-refractivity contribution in [1.29, 1.82) is 0 Å². The summed E-state index contributed by atoms with van der Waals surface area (Å²) in [6.07, 6.45) is -0.0423. The Kier molecular flexibility index (Phi) is 7.63. The highest BCUT2D eigenvalue weighted by Crippen LogP contribution is 2.19. The van der Waals surface area contributed by atoms with Crippen LogP contribution in [0.1, 0.15) is 15.9 Å². The normalized spacial score (nSPS) is 11.9. The summed E-state index contributed by atoms with van der Waals surface area (Å²) in [5, 5.41) is 0. The lowest BCUT2D eigenvalue weighted by atomic mass is 10.1. The summed E-state index contributed by atoms with van der Waals surface area (Å²) in [6.45, 7) is 3.61. The predicted octanol–water partition coefficient (Wildman–Crippen LogP) is 4.08. The van der Waals surface area contributed by atoms with Crippen molar-refractivity contribution < 1.29 is 35.1 Å². The van der Waals surface area contributed by atoms with Crippen molar-refractivity contribution in [3.05, 3.63) is 102 Å². The maximum atomic E-state index is 13.2. The number of carbonyl (C=O) groups is 1. The van der Waals surface area contributed by atoms with Gasteiger partial charge in [0, 0.05) is 0 Å². The van der Waals surface area contributed by atoms with E-state index in [1.54, 1.807) is 18.2 Å². The fraction of sp³-hybridized carbons (Fsp3) is 0.125. The van der Waals surface area contributed by atoms with E-state index in [-0.39, 0.29) is 15.4 Å². The molecular formula is C24H20F2O6S2. The number of ether oxygens (including phenoxy) is 1. The Bertz CT molecular complexity index is 1300. The van der Waals surface area contributed by atoms with E-state index in [9.17, 15) is 30.4 Å². The average molecular weight is 507 g/mol. The predicted molar refractivity (Wildman–Crippen MR) is 123 cm³/mol. The van der Waals surface area contributed by atoms with Crippen LogP contribution in [-0.4, -0.2) is 40.4 Å². The van der Waals surface area contributed by atoms with Crippen molar-refractivity contribution in [2.45, 2.75) is 15.9 Å². The first-order valence-corrected chi connectivity index (χ1v) is 13.2. The Morgan fingerprint density at radius 1 is 0.765 bits per heavy atom. The van der Waals surface area contributed by atoms with Crippen LogP contribution in [0.5, 0.6) is 0 Å². The minimum Gasteiger partial charge on any atom is -0.457 e. The fourth-order valence-corrected chi connectivity index (χ4v) is 6.04. The van der Waals surface area contributed by atoms with Crippen LogP contribution in [0.15, 0.2) is 89.2 Å². The summed E-state index contributed by atoms with van der Waals surface area (Å²) >= 11 is 0. The van der Waals surface area contributed by atoms with Crippen LogP contribution in [-0.2, 0) is 24.4 Å². The Balaban J connectivity index is 1.91. The number of benzene rings is 3. The van der Waals surface area contributed by atoms with Crippen molar-refractivity contribution in [3.63, 3.8) is 0 Å². The van der Waals surface area contributed by atoms with Gasteiger partial charge in [0.25, 0.3) is 0 Å². The van der Waals surface area contributed by atoms with Crippen LogP contribution < -0.4 is 0 Å². The van der Waals surface area contributed by atoms with Crippen LogP contribution in [0.3, 0.4) is 0 Å². The van der Waals surface area contributed by atoms with Crippen LogP contribution in [0, 0.1) is 11.6 Å². The van der Waals surface area contributed by atoms with Gasteiger partial charge in [-0.1, -0.05) is 24.8 Å². The van der Waals surface area contributed by atoms with Gasteiger partial charge in [-0.3, -0.25) is 0 Å². The molecule has 0 aliphatic carbocycles. The molecule has 10 heteroatoms. The molecule has 0 aliphatic heterocycles. The monoisotopic (exact) mass is 506 g/mol. The number of esters is 1. The largest absolute Gasteiger partial charge is 0.457 e. The molecule has 3 rings (SSSR count). The van der Waals surface area contributed by atoms with Crippen molar-refractivity contribution in [1.82, 2.24) is 0 Å². The van der Waals surface area contributed by atoms with Gasteiger partial charge in [-0.15, -0.1) is 0 Å². The number of hydrogen-bond acceptors (Lipinski definition) is 6. The molecule has 0 amide bonds. The van der Waals surface area contributed by atoms with E-state index in [0.29, 0.717) is 0 Å². The Morgan fingerprint density at radius 3 is 1.56 bits per heavy atom. The zero-order chi connectivity index (χ0) is 24.9. The lowest BCUT2D eigenvalue weighted by molar-refractivity contribution is 0.0389. The second-order valence-corrected chi connectivity index (χ2v) is 11.4. The SMILES string of the molecule is C=Cc1ccc(C(=O)OC(CS(=O)(=O)c2ccc(F)cc2)CS(=O)(=O)c2ccc(F)cc2)cc1. The third kappa shape index (κ3) is 6.36.